The third-order valence-electron chi connectivity index (χ3n) is 2.79. The summed E-state index contributed by atoms with van der Waals surface area (Å²) in [6.45, 7) is 2.61. The van der Waals surface area contributed by atoms with Crippen LogP contribution in [0.5, 0.6) is 0 Å². The van der Waals surface area contributed by atoms with Gasteiger partial charge in [-0.15, -0.1) is 11.3 Å². The minimum atomic E-state index is -0.330. The smallest absolute Gasteiger partial charge is 0.244 e. The Morgan fingerprint density at radius 3 is 3.20 bits per heavy atom. The molecule has 3 N–H and O–H groups in total. The van der Waals surface area contributed by atoms with Gasteiger partial charge in [-0.2, -0.15) is 5.10 Å². The molecule has 2 aromatic rings. The molecule has 1 unspecified atom stereocenters. The molecule has 1 amide bonds. The number of amides is 1. The molecule has 20 heavy (non-hydrogen) atoms. The zero-order chi connectivity index (χ0) is 14.4. The Hall–Kier alpha value is -2.10. The predicted molar refractivity (Wildman–Crippen MR) is 79.0 cm³/mol. The number of carbonyl (C=O) groups is 1. The van der Waals surface area contributed by atoms with Crippen LogP contribution in [0.15, 0.2) is 29.9 Å². The van der Waals surface area contributed by atoms with E-state index in [2.05, 4.69) is 22.3 Å². The van der Waals surface area contributed by atoms with Crippen LogP contribution in [0.3, 0.4) is 0 Å². The van der Waals surface area contributed by atoms with Crippen molar-refractivity contribution in [2.75, 3.05) is 6.54 Å². The van der Waals surface area contributed by atoms with Crippen LogP contribution in [-0.4, -0.2) is 22.2 Å². The molecule has 0 bridgehead atoms. The van der Waals surface area contributed by atoms with Crippen LogP contribution in [0.25, 0.3) is 0 Å². The number of carbonyl (C=O) groups excluding carboxylic acids is 1. The topological polar surface area (TPSA) is 72.9 Å². The Kier molecular flexibility index (Phi) is 4.93. The van der Waals surface area contributed by atoms with E-state index < -0.39 is 0 Å². The number of thiophene rings is 1. The molecule has 0 saturated heterocycles. The molecule has 0 aliphatic carbocycles. The van der Waals surface area contributed by atoms with E-state index in [1.54, 1.807) is 34.5 Å². The molecule has 1 atom stereocenters. The summed E-state index contributed by atoms with van der Waals surface area (Å²) in [7, 11) is 0. The second-order valence-corrected chi connectivity index (χ2v) is 5.14. The van der Waals surface area contributed by atoms with Crippen molar-refractivity contribution in [2.45, 2.75) is 19.5 Å². The summed E-state index contributed by atoms with van der Waals surface area (Å²) >= 11 is 1.57. The zero-order valence-corrected chi connectivity index (χ0v) is 12.0. The van der Waals surface area contributed by atoms with Crippen LogP contribution in [0.2, 0.25) is 0 Å². The molecule has 2 heterocycles. The molecule has 0 fully saturated rings. The van der Waals surface area contributed by atoms with Gasteiger partial charge in [0, 0.05) is 22.8 Å². The fraction of sp³-hybridized carbons (Fsp3) is 0.286. The van der Waals surface area contributed by atoms with Gasteiger partial charge < -0.3 is 11.1 Å². The molecule has 0 radical (unpaired) electrons. The average Bonchev–Trinajstić information content (AvgIpc) is 3.12. The number of aromatic nitrogens is 2. The standard InChI is InChI=1S/C14H16N4OS/c1-11(18-8-3-7-17-18)14(19)16-10-13-12(4-2-6-15)5-9-20-13/h3,5,7-9,11H,6,10,15H2,1H3,(H,16,19). The van der Waals surface area contributed by atoms with Crippen molar-refractivity contribution in [2.24, 2.45) is 5.73 Å². The lowest BCUT2D eigenvalue weighted by Crippen LogP contribution is -2.30. The first-order valence-corrected chi connectivity index (χ1v) is 7.12. The van der Waals surface area contributed by atoms with Crippen LogP contribution in [0.1, 0.15) is 23.4 Å². The second-order valence-electron chi connectivity index (χ2n) is 4.14. The van der Waals surface area contributed by atoms with Gasteiger partial charge in [0.25, 0.3) is 0 Å². The van der Waals surface area contributed by atoms with E-state index in [1.807, 2.05) is 18.4 Å². The number of nitrogens with two attached hydrogens (primary N) is 1. The van der Waals surface area contributed by atoms with E-state index in [4.69, 9.17) is 5.73 Å². The highest BCUT2D eigenvalue weighted by molar-refractivity contribution is 7.10. The molecule has 0 spiro atoms. The molecule has 2 aromatic heterocycles. The molecule has 0 aromatic carbocycles. The molecule has 0 saturated carbocycles. The number of hydrogen-bond donors (Lipinski definition) is 2. The number of hydrogen-bond acceptors (Lipinski definition) is 4. The average molecular weight is 288 g/mol. The van der Waals surface area contributed by atoms with Crippen LogP contribution in [-0.2, 0) is 11.3 Å². The summed E-state index contributed by atoms with van der Waals surface area (Å²) < 4.78 is 1.62. The highest BCUT2D eigenvalue weighted by atomic mass is 32.1. The Labute approximate surface area is 121 Å². The second kappa shape index (κ2) is 6.89. The lowest BCUT2D eigenvalue weighted by Gasteiger charge is -2.12. The first-order valence-electron chi connectivity index (χ1n) is 6.24. The molecule has 5 nitrogen and oxygen atoms in total. The Morgan fingerprint density at radius 2 is 2.50 bits per heavy atom. The van der Waals surface area contributed by atoms with Crippen molar-refractivity contribution < 1.29 is 4.79 Å². The van der Waals surface area contributed by atoms with Gasteiger partial charge in [-0.25, -0.2) is 0 Å². The van der Waals surface area contributed by atoms with Gasteiger partial charge in [0.2, 0.25) is 5.91 Å². The van der Waals surface area contributed by atoms with Crippen molar-refractivity contribution in [3.8, 4) is 11.8 Å². The van der Waals surface area contributed by atoms with Crippen molar-refractivity contribution in [3.05, 3.63) is 40.3 Å². The summed E-state index contributed by atoms with van der Waals surface area (Å²) in [5.41, 5.74) is 6.29. The molecular formula is C14H16N4OS. The Morgan fingerprint density at radius 1 is 1.65 bits per heavy atom. The van der Waals surface area contributed by atoms with Crippen molar-refractivity contribution in [1.82, 2.24) is 15.1 Å². The maximum atomic E-state index is 12.0. The molecule has 0 aliphatic heterocycles. The van der Waals surface area contributed by atoms with E-state index in [1.165, 1.54) is 0 Å². The summed E-state index contributed by atoms with van der Waals surface area (Å²) in [5, 5.41) is 8.92. The first kappa shape index (κ1) is 14.3. The highest BCUT2D eigenvalue weighted by Gasteiger charge is 2.15. The highest BCUT2D eigenvalue weighted by Crippen LogP contribution is 2.15. The monoisotopic (exact) mass is 288 g/mol. The van der Waals surface area contributed by atoms with Crippen LogP contribution < -0.4 is 11.1 Å². The lowest BCUT2D eigenvalue weighted by atomic mass is 10.2. The molecule has 6 heteroatoms. The summed E-state index contributed by atoms with van der Waals surface area (Å²) in [5.74, 6) is 5.75. The number of nitrogens with zero attached hydrogens (tertiary/aromatic N) is 2. The van der Waals surface area contributed by atoms with Gasteiger partial charge in [0.1, 0.15) is 6.04 Å². The van der Waals surface area contributed by atoms with Gasteiger partial charge >= 0.3 is 0 Å². The molecule has 104 valence electrons. The van der Waals surface area contributed by atoms with Gasteiger partial charge in [-0.1, -0.05) is 11.8 Å². The Bertz CT molecular complexity index is 621. The predicted octanol–water partition coefficient (Wildman–Crippen LogP) is 1.13. The fourth-order valence-corrected chi connectivity index (χ4v) is 2.45. The third kappa shape index (κ3) is 3.47. The summed E-state index contributed by atoms with van der Waals surface area (Å²) in [6.07, 6.45) is 3.43. The van der Waals surface area contributed by atoms with E-state index in [0.29, 0.717) is 13.1 Å². The maximum absolute atomic E-state index is 12.0. The summed E-state index contributed by atoms with van der Waals surface area (Å²) in [6, 6.07) is 3.40. The number of rotatable bonds is 4. The van der Waals surface area contributed by atoms with Crippen molar-refractivity contribution in [1.29, 1.82) is 0 Å². The fourth-order valence-electron chi connectivity index (χ4n) is 1.68. The van der Waals surface area contributed by atoms with E-state index >= 15 is 0 Å². The zero-order valence-electron chi connectivity index (χ0n) is 11.2. The van der Waals surface area contributed by atoms with E-state index in [9.17, 15) is 4.79 Å². The normalized spacial score (nSPS) is 11.5. The van der Waals surface area contributed by atoms with Crippen molar-refractivity contribution >= 4 is 17.2 Å². The van der Waals surface area contributed by atoms with Crippen LogP contribution in [0.4, 0.5) is 0 Å². The largest absolute Gasteiger partial charge is 0.349 e. The first-order chi connectivity index (χ1) is 9.72. The van der Waals surface area contributed by atoms with Gasteiger partial charge in [-0.05, 0) is 24.4 Å². The quantitative estimate of drug-likeness (QED) is 0.828. The molecular weight excluding hydrogens is 272 g/mol. The van der Waals surface area contributed by atoms with Crippen LogP contribution in [0, 0.1) is 11.8 Å². The SMILES string of the molecule is CC(C(=O)NCc1sccc1C#CCN)n1cccn1. The van der Waals surface area contributed by atoms with Gasteiger partial charge in [0.15, 0.2) is 0 Å². The third-order valence-corrected chi connectivity index (χ3v) is 3.72. The molecule has 2 rings (SSSR count). The van der Waals surface area contributed by atoms with E-state index in [-0.39, 0.29) is 11.9 Å². The van der Waals surface area contributed by atoms with E-state index in [0.717, 1.165) is 10.4 Å². The summed E-state index contributed by atoms with van der Waals surface area (Å²) in [4.78, 5) is 13.1. The minimum Gasteiger partial charge on any atom is -0.349 e. The Balaban J connectivity index is 1.95. The van der Waals surface area contributed by atoms with Crippen molar-refractivity contribution in [3.63, 3.8) is 0 Å². The lowest BCUT2D eigenvalue weighted by molar-refractivity contribution is -0.124. The maximum Gasteiger partial charge on any atom is 0.244 e. The van der Waals surface area contributed by atoms with Gasteiger partial charge in [0.05, 0.1) is 13.1 Å². The number of nitrogens with one attached hydrogen (secondary N) is 1. The minimum absolute atomic E-state index is 0.0696. The van der Waals surface area contributed by atoms with Crippen LogP contribution >= 0.6 is 11.3 Å². The van der Waals surface area contributed by atoms with Gasteiger partial charge in [-0.3, -0.25) is 9.48 Å². The molecule has 0 aliphatic rings.